The zero-order chi connectivity index (χ0) is 17.3. The molecule has 1 aromatic heterocycles. The van der Waals surface area contributed by atoms with Crippen molar-refractivity contribution in [2.24, 2.45) is 0 Å². The van der Waals surface area contributed by atoms with Crippen LogP contribution in [0.3, 0.4) is 0 Å². The number of aromatic nitrogens is 3. The number of nitrogens with zero attached hydrogens (tertiary/aromatic N) is 4. The number of para-hydroxylation sites is 1. The number of urea groups is 1. The molecule has 1 aromatic carbocycles. The quantitative estimate of drug-likeness (QED) is 0.931. The zero-order valence-corrected chi connectivity index (χ0v) is 14.7. The second-order valence-electron chi connectivity index (χ2n) is 7.39. The monoisotopic (exact) mass is 339 g/mol. The van der Waals surface area contributed by atoms with Crippen molar-refractivity contribution in [2.75, 3.05) is 11.4 Å². The summed E-state index contributed by atoms with van der Waals surface area (Å²) in [5.41, 5.74) is 2.63. The molecule has 1 fully saturated rings. The number of benzene rings is 1. The Bertz CT molecular complexity index is 736. The molecule has 0 saturated heterocycles. The zero-order valence-electron chi connectivity index (χ0n) is 14.7. The van der Waals surface area contributed by atoms with Crippen molar-refractivity contribution in [3.8, 4) is 0 Å². The van der Waals surface area contributed by atoms with Gasteiger partial charge in [-0.3, -0.25) is 9.58 Å². The van der Waals surface area contributed by atoms with Crippen LogP contribution >= 0.6 is 0 Å². The fourth-order valence-corrected chi connectivity index (χ4v) is 4.33. The van der Waals surface area contributed by atoms with Crippen molar-refractivity contribution in [1.82, 2.24) is 20.1 Å². The normalized spacial score (nSPS) is 19.2. The van der Waals surface area contributed by atoms with Crippen molar-refractivity contribution in [3.63, 3.8) is 0 Å². The molecule has 0 radical (unpaired) electrons. The Morgan fingerprint density at radius 1 is 1.32 bits per heavy atom. The van der Waals surface area contributed by atoms with E-state index in [1.165, 1.54) is 37.6 Å². The highest BCUT2D eigenvalue weighted by atomic mass is 16.2. The molecule has 1 spiro atoms. The van der Waals surface area contributed by atoms with Gasteiger partial charge in [0.15, 0.2) is 0 Å². The maximum absolute atomic E-state index is 12.9. The summed E-state index contributed by atoms with van der Waals surface area (Å²) in [5, 5.41) is 7.26. The summed E-state index contributed by atoms with van der Waals surface area (Å²) < 4.78 is 1.79. The Hall–Kier alpha value is -2.37. The predicted molar refractivity (Wildman–Crippen MR) is 96.6 cm³/mol. The van der Waals surface area contributed by atoms with E-state index in [1.807, 2.05) is 17.9 Å². The molecule has 0 bridgehead atoms. The molecule has 2 aromatic rings. The second-order valence-corrected chi connectivity index (χ2v) is 7.39. The molecule has 132 valence electrons. The minimum atomic E-state index is 0.0160. The lowest BCUT2D eigenvalue weighted by Gasteiger charge is -2.25. The van der Waals surface area contributed by atoms with E-state index in [0.717, 1.165) is 25.2 Å². The molecular weight excluding hydrogens is 314 g/mol. The largest absolute Gasteiger partial charge is 0.335 e. The van der Waals surface area contributed by atoms with Gasteiger partial charge in [-0.15, -0.1) is 0 Å². The maximum Gasteiger partial charge on any atom is 0.322 e. The molecule has 1 atom stereocenters. The second kappa shape index (κ2) is 6.50. The number of nitrogens with one attached hydrogen (secondary N) is 1. The van der Waals surface area contributed by atoms with E-state index in [4.69, 9.17) is 0 Å². The van der Waals surface area contributed by atoms with Gasteiger partial charge in [0.05, 0.1) is 0 Å². The lowest BCUT2D eigenvalue weighted by molar-refractivity contribution is 0.241. The van der Waals surface area contributed by atoms with Crippen LogP contribution in [0.4, 0.5) is 10.5 Å². The van der Waals surface area contributed by atoms with Gasteiger partial charge in [-0.2, -0.15) is 5.10 Å². The van der Waals surface area contributed by atoms with E-state index in [9.17, 15) is 4.79 Å². The smallest absolute Gasteiger partial charge is 0.322 e. The van der Waals surface area contributed by atoms with Crippen LogP contribution in [0.5, 0.6) is 0 Å². The lowest BCUT2D eigenvalue weighted by Crippen LogP contribution is -2.45. The van der Waals surface area contributed by atoms with Crippen molar-refractivity contribution in [2.45, 2.75) is 57.0 Å². The van der Waals surface area contributed by atoms with E-state index in [-0.39, 0.29) is 17.5 Å². The third-order valence-electron chi connectivity index (χ3n) is 5.66. The molecule has 1 N–H and O–H groups in total. The van der Waals surface area contributed by atoms with Gasteiger partial charge in [0.25, 0.3) is 0 Å². The number of hydrogen-bond donors (Lipinski definition) is 1. The average Bonchev–Trinajstić information content (AvgIpc) is 3.35. The Labute approximate surface area is 148 Å². The van der Waals surface area contributed by atoms with Crippen LogP contribution < -0.4 is 10.2 Å². The summed E-state index contributed by atoms with van der Waals surface area (Å²) in [7, 11) is 0. The van der Waals surface area contributed by atoms with Gasteiger partial charge in [-0.1, -0.05) is 31.0 Å². The first-order valence-corrected chi connectivity index (χ1v) is 9.18. The first-order valence-electron chi connectivity index (χ1n) is 9.18. The van der Waals surface area contributed by atoms with E-state index in [2.05, 4.69) is 33.6 Å². The molecule has 1 saturated carbocycles. The average molecular weight is 339 g/mol. The number of carbonyl (C=O) groups is 1. The summed E-state index contributed by atoms with van der Waals surface area (Å²) in [6.07, 6.45) is 8.97. The fraction of sp³-hybridized carbons (Fsp3) is 0.526. The van der Waals surface area contributed by atoms with Crippen LogP contribution in [0, 0.1) is 0 Å². The summed E-state index contributed by atoms with van der Waals surface area (Å²) in [5.74, 6) is 0. The number of anilines is 1. The molecular formula is C19H25N5O. The van der Waals surface area contributed by atoms with Gasteiger partial charge in [-0.05, 0) is 37.8 Å². The van der Waals surface area contributed by atoms with Crippen LogP contribution in [-0.4, -0.2) is 33.4 Å². The van der Waals surface area contributed by atoms with Gasteiger partial charge in [0.2, 0.25) is 0 Å². The van der Waals surface area contributed by atoms with Gasteiger partial charge < -0.3 is 5.32 Å². The molecule has 2 amide bonds. The highest BCUT2D eigenvalue weighted by Gasteiger charge is 2.46. The minimum Gasteiger partial charge on any atom is -0.335 e. The third kappa shape index (κ3) is 3.01. The number of carbonyl (C=O) groups excluding carboxylic acids is 1. The van der Waals surface area contributed by atoms with Gasteiger partial charge in [-0.25, -0.2) is 9.78 Å². The van der Waals surface area contributed by atoms with Crippen molar-refractivity contribution < 1.29 is 4.79 Å². The van der Waals surface area contributed by atoms with Gasteiger partial charge in [0, 0.05) is 30.2 Å². The van der Waals surface area contributed by atoms with Crippen LogP contribution in [0.25, 0.3) is 0 Å². The number of hydrogen-bond acceptors (Lipinski definition) is 3. The molecule has 25 heavy (non-hydrogen) atoms. The third-order valence-corrected chi connectivity index (χ3v) is 5.66. The van der Waals surface area contributed by atoms with Crippen LogP contribution in [0.2, 0.25) is 0 Å². The molecule has 1 aliphatic heterocycles. The van der Waals surface area contributed by atoms with Crippen molar-refractivity contribution in [3.05, 3.63) is 42.5 Å². The standard InChI is InChI=1S/C19H25N5O/c1-15(8-11-23-14-20-13-21-23)22-18(25)24-12-19(9-4-5-10-19)16-6-2-3-7-17(16)24/h2-3,6-7,13-15H,4-5,8-12H2,1H3,(H,22,25)/t15-/m0/s1. The summed E-state index contributed by atoms with van der Waals surface area (Å²) in [4.78, 5) is 18.8. The molecule has 2 aliphatic rings. The van der Waals surface area contributed by atoms with E-state index in [0.29, 0.717) is 0 Å². The molecule has 0 unspecified atom stereocenters. The molecule has 1 aliphatic carbocycles. The molecule has 2 heterocycles. The van der Waals surface area contributed by atoms with Crippen molar-refractivity contribution in [1.29, 1.82) is 0 Å². The number of amides is 2. The first kappa shape index (κ1) is 16.1. The van der Waals surface area contributed by atoms with Crippen LogP contribution in [0.15, 0.2) is 36.9 Å². The van der Waals surface area contributed by atoms with Gasteiger partial charge >= 0.3 is 6.03 Å². The minimum absolute atomic E-state index is 0.0160. The summed E-state index contributed by atoms with van der Waals surface area (Å²) in [6.45, 7) is 3.61. The number of fused-ring (bicyclic) bond motifs is 2. The number of rotatable bonds is 4. The Morgan fingerprint density at radius 3 is 2.88 bits per heavy atom. The van der Waals surface area contributed by atoms with E-state index >= 15 is 0 Å². The van der Waals surface area contributed by atoms with E-state index < -0.39 is 0 Å². The Kier molecular flexibility index (Phi) is 4.19. The Balaban J connectivity index is 1.43. The highest BCUT2D eigenvalue weighted by Crippen LogP contribution is 2.50. The maximum atomic E-state index is 12.9. The molecule has 6 nitrogen and oxygen atoms in total. The Morgan fingerprint density at radius 2 is 2.12 bits per heavy atom. The SMILES string of the molecule is C[C@@H](CCn1cncn1)NC(=O)N1CC2(CCCC2)c2ccccc21. The lowest BCUT2D eigenvalue weighted by atomic mass is 9.81. The van der Waals surface area contributed by atoms with Gasteiger partial charge in [0.1, 0.15) is 12.7 Å². The predicted octanol–water partition coefficient (Wildman–Crippen LogP) is 3.10. The molecule has 6 heteroatoms. The first-order chi connectivity index (χ1) is 12.2. The van der Waals surface area contributed by atoms with E-state index in [1.54, 1.807) is 11.0 Å². The summed E-state index contributed by atoms with van der Waals surface area (Å²) in [6, 6.07) is 8.53. The van der Waals surface area contributed by atoms with Crippen LogP contribution in [0.1, 0.15) is 44.6 Å². The fourth-order valence-electron chi connectivity index (χ4n) is 4.33. The van der Waals surface area contributed by atoms with Crippen LogP contribution in [-0.2, 0) is 12.0 Å². The molecule has 4 rings (SSSR count). The number of aryl methyl sites for hydroxylation is 1. The highest BCUT2D eigenvalue weighted by molar-refractivity contribution is 5.95. The summed E-state index contributed by atoms with van der Waals surface area (Å²) >= 11 is 0. The van der Waals surface area contributed by atoms with Crippen molar-refractivity contribution >= 4 is 11.7 Å². The topological polar surface area (TPSA) is 63.1 Å².